The van der Waals surface area contributed by atoms with Gasteiger partial charge in [0.2, 0.25) is 0 Å². The Kier molecular flexibility index (Phi) is 7.80. The molecule has 2 aromatic rings. The van der Waals surface area contributed by atoms with E-state index < -0.39 is 21.6 Å². The molecule has 2 aromatic carbocycles. The van der Waals surface area contributed by atoms with Gasteiger partial charge in [-0.2, -0.15) is 0 Å². The van der Waals surface area contributed by atoms with Crippen LogP contribution in [-0.2, 0) is 19.4 Å². The minimum Gasteiger partial charge on any atom is -0.545 e. The van der Waals surface area contributed by atoms with Gasteiger partial charge in [-0.1, -0.05) is 35.9 Å². The minimum atomic E-state index is -3.40. The van der Waals surface area contributed by atoms with Crippen molar-refractivity contribution in [3.63, 3.8) is 0 Å². The smallest absolute Gasteiger partial charge is 0.545 e. The molecule has 0 fully saturated rings. The molecular weight excluding hydrogens is 387 g/mol. The van der Waals surface area contributed by atoms with E-state index in [-0.39, 0.29) is 56.7 Å². The predicted octanol–water partition coefficient (Wildman–Crippen LogP) is -1.00. The van der Waals surface area contributed by atoms with Gasteiger partial charge in [0.25, 0.3) is 0 Å². The van der Waals surface area contributed by atoms with E-state index in [1.807, 2.05) is 0 Å². The van der Waals surface area contributed by atoms with Gasteiger partial charge in [0, 0.05) is 22.4 Å². The zero-order chi connectivity index (χ0) is 18.8. The van der Waals surface area contributed by atoms with E-state index >= 15 is 0 Å². The van der Waals surface area contributed by atoms with Crippen LogP contribution in [0.25, 0.3) is 11.1 Å². The molecule has 130 valence electrons. The van der Waals surface area contributed by atoms with Crippen LogP contribution in [0.4, 0.5) is 0 Å². The molecule has 0 aliphatic carbocycles. The fraction of sp³-hybridized carbons (Fsp3) is 0.111. The van der Waals surface area contributed by atoms with Crippen LogP contribution >= 0.6 is 11.6 Å². The van der Waals surface area contributed by atoms with Crippen LogP contribution < -0.4 is 34.7 Å². The first kappa shape index (κ1) is 22.6. The molecule has 0 saturated carbocycles. The van der Waals surface area contributed by atoms with E-state index in [9.17, 15) is 23.1 Å². The van der Waals surface area contributed by atoms with Gasteiger partial charge < -0.3 is 9.90 Å². The Labute approximate surface area is 178 Å². The van der Waals surface area contributed by atoms with Gasteiger partial charge in [-0.15, -0.1) is 0 Å². The van der Waals surface area contributed by atoms with Crippen molar-refractivity contribution in [3.8, 4) is 0 Å². The fourth-order valence-corrected chi connectivity index (χ4v) is 3.13. The van der Waals surface area contributed by atoms with Gasteiger partial charge in [0.15, 0.2) is 15.6 Å². The van der Waals surface area contributed by atoms with Crippen LogP contribution in [0.5, 0.6) is 0 Å². The van der Waals surface area contributed by atoms with Crippen molar-refractivity contribution in [3.05, 3.63) is 64.7 Å². The molecule has 0 unspecified atom stereocenters. The number of hydrogen-bond donors (Lipinski definition) is 0. The van der Waals surface area contributed by atoms with Crippen molar-refractivity contribution >= 4 is 44.3 Å². The number of benzene rings is 2. The van der Waals surface area contributed by atoms with Crippen molar-refractivity contribution in [2.75, 3.05) is 6.26 Å². The Hall–Kier alpha value is -1.44. The number of ketones is 1. The molecule has 0 N–H and O–H groups in total. The third kappa shape index (κ3) is 5.28. The summed E-state index contributed by atoms with van der Waals surface area (Å²) in [4.78, 5) is 23.9. The van der Waals surface area contributed by atoms with Crippen molar-refractivity contribution in [1.82, 2.24) is 0 Å². The second kappa shape index (κ2) is 8.97. The molecule has 0 aromatic heterocycles. The number of sulfone groups is 1. The zero-order valence-corrected chi connectivity index (χ0v) is 18.0. The number of halogens is 1. The zero-order valence-electron chi connectivity index (χ0n) is 14.4. The van der Waals surface area contributed by atoms with E-state index in [4.69, 9.17) is 11.6 Å². The average Bonchev–Trinajstić information content (AvgIpc) is 2.52. The summed E-state index contributed by atoms with van der Waals surface area (Å²) in [6, 6.07) is 11.4. The second-order valence-corrected chi connectivity index (χ2v) is 7.85. The van der Waals surface area contributed by atoms with Crippen LogP contribution in [0.1, 0.15) is 18.1 Å². The van der Waals surface area contributed by atoms with Gasteiger partial charge in [-0.3, -0.25) is 4.79 Å². The maximum Gasteiger partial charge on any atom is 1.00 e. The summed E-state index contributed by atoms with van der Waals surface area (Å²) >= 11 is 5.81. The number of hydrogen-bond acceptors (Lipinski definition) is 5. The molecule has 8 heteroatoms. The molecule has 2 rings (SSSR count). The summed E-state index contributed by atoms with van der Waals surface area (Å²) < 4.78 is 23.1. The number of carbonyl (C=O) groups is 2. The number of Topliss-reactive ketones (excluding diaryl/α,β-unsaturated/α-hetero) is 1. The number of allylic oxidation sites excluding steroid dienone is 1. The van der Waals surface area contributed by atoms with Crippen LogP contribution in [0.3, 0.4) is 0 Å². The predicted molar refractivity (Wildman–Crippen MR) is 93.5 cm³/mol. The number of aliphatic carboxylic acids is 1. The van der Waals surface area contributed by atoms with Crippen LogP contribution in [-0.4, -0.2) is 26.4 Å². The first-order chi connectivity index (χ1) is 11.6. The normalized spacial score (nSPS) is 12.0. The van der Waals surface area contributed by atoms with E-state index in [0.29, 0.717) is 5.02 Å². The first-order valence-electron chi connectivity index (χ1n) is 7.14. The molecule has 0 saturated heterocycles. The molecule has 0 heterocycles. The summed E-state index contributed by atoms with van der Waals surface area (Å²) in [6.45, 7) is 1.23. The Bertz CT molecular complexity index is 962. The average molecular weight is 401 g/mol. The molecule has 0 bridgehead atoms. The molecule has 0 amide bonds. The quantitative estimate of drug-likeness (QED) is 0.364. The largest absolute Gasteiger partial charge is 1.00 e. The summed E-state index contributed by atoms with van der Waals surface area (Å²) in [5.41, 5.74) is 0.203. The molecule has 0 spiro atoms. The number of carboxylic acids is 1. The van der Waals surface area contributed by atoms with Crippen molar-refractivity contribution < 1.29 is 52.7 Å². The standard InChI is InChI=1S/C18H15ClO5S.Na/c1-11(20)16(12-5-9-15(10-6-12)25(2,23)24)17(18(21)22)13-3-7-14(19)8-4-13;/h3-10H,1-2H3,(H,21,22);/q;+1/p-1/b17-16-;. The number of carbonyl (C=O) groups excluding carboxylic acids is 2. The summed E-state index contributed by atoms with van der Waals surface area (Å²) in [6.07, 6.45) is 1.06. The van der Waals surface area contributed by atoms with Crippen molar-refractivity contribution in [1.29, 1.82) is 0 Å². The molecule has 5 nitrogen and oxygen atoms in total. The van der Waals surface area contributed by atoms with Crippen molar-refractivity contribution in [2.45, 2.75) is 11.8 Å². The molecule has 26 heavy (non-hydrogen) atoms. The monoisotopic (exact) mass is 400 g/mol. The number of rotatable bonds is 5. The van der Waals surface area contributed by atoms with Crippen LogP contribution in [0, 0.1) is 0 Å². The Morgan fingerprint density at radius 3 is 1.69 bits per heavy atom. The molecule has 0 aliphatic heterocycles. The molecular formula is C18H14ClNaO5S. The van der Waals surface area contributed by atoms with Gasteiger partial charge in [0.05, 0.1) is 10.9 Å². The Morgan fingerprint density at radius 1 is 0.885 bits per heavy atom. The van der Waals surface area contributed by atoms with Crippen LogP contribution in [0.15, 0.2) is 53.4 Å². The SMILES string of the molecule is CC(=O)/C(=C(/C(=O)[O-])c1ccc(Cl)cc1)c1ccc(S(C)(=O)=O)cc1.[Na+]. The van der Waals surface area contributed by atoms with Gasteiger partial charge in [-0.25, -0.2) is 8.42 Å². The second-order valence-electron chi connectivity index (χ2n) is 5.40. The van der Waals surface area contributed by atoms with Gasteiger partial charge in [0.1, 0.15) is 0 Å². The maximum atomic E-state index is 12.1. The molecule has 0 radical (unpaired) electrons. The minimum absolute atomic E-state index is 0. The van der Waals surface area contributed by atoms with Gasteiger partial charge in [-0.05, 0) is 42.3 Å². The third-order valence-electron chi connectivity index (χ3n) is 3.51. The summed E-state index contributed by atoms with van der Waals surface area (Å²) in [5.74, 6) is -2.00. The summed E-state index contributed by atoms with van der Waals surface area (Å²) in [7, 11) is -3.40. The fourth-order valence-electron chi connectivity index (χ4n) is 2.37. The summed E-state index contributed by atoms with van der Waals surface area (Å²) in [5, 5.41) is 12.1. The van der Waals surface area contributed by atoms with Crippen molar-refractivity contribution in [2.24, 2.45) is 0 Å². The van der Waals surface area contributed by atoms with E-state index in [1.54, 1.807) is 0 Å². The topological polar surface area (TPSA) is 91.3 Å². The number of carboxylic acid groups (broad SMARTS) is 1. The Morgan fingerprint density at radius 2 is 1.31 bits per heavy atom. The molecule has 0 aliphatic rings. The Balaban J connectivity index is 0.00000338. The van der Waals surface area contributed by atoms with E-state index in [0.717, 1.165) is 6.26 Å². The maximum absolute atomic E-state index is 12.1. The van der Waals surface area contributed by atoms with Crippen LogP contribution in [0.2, 0.25) is 5.02 Å². The van der Waals surface area contributed by atoms with E-state index in [2.05, 4.69) is 0 Å². The first-order valence-corrected chi connectivity index (χ1v) is 9.41. The molecule has 0 atom stereocenters. The third-order valence-corrected chi connectivity index (χ3v) is 4.89. The van der Waals surface area contributed by atoms with Gasteiger partial charge >= 0.3 is 29.6 Å². The van der Waals surface area contributed by atoms with E-state index in [1.165, 1.54) is 55.5 Å².